The van der Waals surface area contributed by atoms with Gasteiger partial charge in [-0.1, -0.05) is 12.1 Å². The number of carbonyl (C=O) groups excluding carboxylic acids is 1. The minimum absolute atomic E-state index is 0.0896. The molecular formula is C19H24N4O4. The van der Waals surface area contributed by atoms with Gasteiger partial charge in [-0.3, -0.25) is 9.59 Å². The highest BCUT2D eigenvalue weighted by molar-refractivity contribution is 5.92. The molecule has 0 saturated carbocycles. The zero-order valence-electron chi connectivity index (χ0n) is 15.6. The first-order chi connectivity index (χ1) is 13.0. The predicted octanol–water partition coefficient (Wildman–Crippen LogP) is 1.51. The van der Waals surface area contributed by atoms with E-state index in [9.17, 15) is 9.59 Å². The SMILES string of the molecule is CN(C)c1cnn(CC(=O)Nc2ccccc2OCC2CCCO2)c(=O)c1. The van der Waals surface area contributed by atoms with Crippen LogP contribution in [0.4, 0.5) is 11.4 Å². The van der Waals surface area contributed by atoms with Crippen molar-refractivity contribution >= 4 is 17.3 Å². The van der Waals surface area contributed by atoms with Gasteiger partial charge in [0.25, 0.3) is 5.56 Å². The summed E-state index contributed by atoms with van der Waals surface area (Å²) in [6.45, 7) is 1.04. The topological polar surface area (TPSA) is 85.7 Å². The number of hydrogen-bond acceptors (Lipinski definition) is 6. The van der Waals surface area contributed by atoms with Crippen molar-refractivity contribution in [3.63, 3.8) is 0 Å². The molecule has 8 nitrogen and oxygen atoms in total. The predicted molar refractivity (Wildman–Crippen MR) is 102 cm³/mol. The van der Waals surface area contributed by atoms with E-state index >= 15 is 0 Å². The Kier molecular flexibility index (Phi) is 6.08. The van der Waals surface area contributed by atoms with Crippen molar-refractivity contribution in [2.75, 3.05) is 37.5 Å². The molecule has 1 aliphatic rings. The number of benzene rings is 1. The molecule has 0 bridgehead atoms. The van der Waals surface area contributed by atoms with E-state index in [1.54, 1.807) is 23.2 Å². The Morgan fingerprint density at radius 3 is 2.93 bits per heavy atom. The molecule has 1 aromatic heterocycles. The fourth-order valence-corrected chi connectivity index (χ4v) is 2.77. The van der Waals surface area contributed by atoms with Crippen LogP contribution in [-0.2, 0) is 16.1 Å². The fourth-order valence-electron chi connectivity index (χ4n) is 2.77. The fraction of sp³-hybridized carbons (Fsp3) is 0.421. The molecule has 2 heterocycles. The lowest BCUT2D eigenvalue weighted by Gasteiger charge is -2.15. The third-order valence-corrected chi connectivity index (χ3v) is 4.27. The van der Waals surface area contributed by atoms with E-state index in [4.69, 9.17) is 9.47 Å². The lowest BCUT2D eigenvalue weighted by molar-refractivity contribution is -0.117. The number of nitrogens with zero attached hydrogens (tertiary/aromatic N) is 3. The van der Waals surface area contributed by atoms with Gasteiger partial charge >= 0.3 is 0 Å². The van der Waals surface area contributed by atoms with Crippen molar-refractivity contribution in [1.29, 1.82) is 0 Å². The largest absolute Gasteiger partial charge is 0.489 e. The summed E-state index contributed by atoms with van der Waals surface area (Å²) in [5.41, 5.74) is 0.905. The summed E-state index contributed by atoms with van der Waals surface area (Å²) in [6, 6.07) is 8.64. The van der Waals surface area contributed by atoms with Crippen molar-refractivity contribution < 1.29 is 14.3 Å². The van der Waals surface area contributed by atoms with E-state index in [-0.39, 0.29) is 24.1 Å². The molecule has 1 amide bonds. The van der Waals surface area contributed by atoms with Gasteiger partial charge in [-0.25, -0.2) is 4.68 Å². The smallest absolute Gasteiger partial charge is 0.269 e. The Morgan fingerprint density at radius 2 is 2.22 bits per heavy atom. The van der Waals surface area contributed by atoms with Crippen LogP contribution in [0.5, 0.6) is 5.75 Å². The maximum absolute atomic E-state index is 12.4. The second-order valence-electron chi connectivity index (χ2n) is 6.59. The van der Waals surface area contributed by atoms with Crippen LogP contribution in [-0.4, -0.2) is 49.1 Å². The number of hydrogen-bond donors (Lipinski definition) is 1. The highest BCUT2D eigenvalue weighted by Crippen LogP contribution is 2.25. The third kappa shape index (κ3) is 5.07. The molecule has 1 aliphatic heterocycles. The highest BCUT2D eigenvalue weighted by atomic mass is 16.5. The molecule has 1 N–H and O–H groups in total. The van der Waals surface area contributed by atoms with Gasteiger partial charge in [-0.2, -0.15) is 5.10 Å². The lowest BCUT2D eigenvalue weighted by atomic mass is 10.2. The molecule has 144 valence electrons. The maximum Gasteiger partial charge on any atom is 0.269 e. The molecular weight excluding hydrogens is 348 g/mol. The summed E-state index contributed by atoms with van der Waals surface area (Å²) in [4.78, 5) is 26.2. The number of aromatic nitrogens is 2. The van der Waals surface area contributed by atoms with Gasteiger partial charge in [-0.15, -0.1) is 0 Å². The number of nitrogens with one attached hydrogen (secondary N) is 1. The van der Waals surface area contributed by atoms with E-state index in [1.807, 2.05) is 26.2 Å². The van der Waals surface area contributed by atoms with Crippen LogP contribution in [0.15, 0.2) is 41.3 Å². The number of anilines is 2. The van der Waals surface area contributed by atoms with Gasteiger partial charge < -0.3 is 19.7 Å². The molecule has 2 aromatic rings. The lowest BCUT2D eigenvalue weighted by Crippen LogP contribution is -2.30. The van der Waals surface area contributed by atoms with Gasteiger partial charge in [0.2, 0.25) is 5.91 Å². The van der Waals surface area contributed by atoms with Gasteiger partial charge in [0.15, 0.2) is 0 Å². The minimum atomic E-state index is -0.352. The summed E-state index contributed by atoms with van der Waals surface area (Å²) in [7, 11) is 3.64. The van der Waals surface area contributed by atoms with E-state index in [2.05, 4.69) is 10.4 Å². The minimum Gasteiger partial charge on any atom is -0.489 e. The van der Waals surface area contributed by atoms with Gasteiger partial charge in [0.1, 0.15) is 18.9 Å². The summed E-state index contributed by atoms with van der Waals surface area (Å²) in [5, 5.41) is 6.83. The summed E-state index contributed by atoms with van der Waals surface area (Å²) in [5.74, 6) is 0.222. The summed E-state index contributed by atoms with van der Waals surface area (Å²) >= 11 is 0. The van der Waals surface area contributed by atoms with Crippen molar-refractivity contribution in [3.05, 3.63) is 46.9 Å². The van der Waals surface area contributed by atoms with Crippen molar-refractivity contribution in [1.82, 2.24) is 9.78 Å². The maximum atomic E-state index is 12.4. The number of ether oxygens (including phenoxy) is 2. The first kappa shape index (κ1) is 18.9. The second kappa shape index (κ2) is 8.68. The van der Waals surface area contributed by atoms with Gasteiger partial charge in [0.05, 0.1) is 23.7 Å². The summed E-state index contributed by atoms with van der Waals surface area (Å²) in [6.07, 6.45) is 3.66. The Hall–Kier alpha value is -2.87. The molecule has 1 unspecified atom stereocenters. The zero-order valence-corrected chi connectivity index (χ0v) is 15.6. The van der Waals surface area contributed by atoms with E-state index < -0.39 is 0 Å². The number of carbonyl (C=O) groups is 1. The van der Waals surface area contributed by atoms with Crippen LogP contribution >= 0.6 is 0 Å². The van der Waals surface area contributed by atoms with Crippen LogP contribution in [0.25, 0.3) is 0 Å². The second-order valence-corrected chi connectivity index (χ2v) is 6.59. The molecule has 1 saturated heterocycles. The Balaban J connectivity index is 1.63. The van der Waals surface area contributed by atoms with Crippen molar-refractivity contribution in [2.45, 2.75) is 25.5 Å². The highest BCUT2D eigenvalue weighted by Gasteiger charge is 2.17. The molecule has 3 rings (SSSR count). The first-order valence-corrected chi connectivity index (χ1v) is 8.90. The van der Waals surface area contributed by atoms with E-state index in [0.29, 0.717) is 23.7 Å². The Labute approximate surface area is 157 Å². The van der Waals surface area contributed by atoms with Crippen LogP contribution in [0.1, 0.15) is 12.8 Å². The molecule has 0 aliphatic carbocycles. The third-order valence-electron chi connectivity index (χ3n) is 4.27. The van der Waals surface area contributed by atoms with Gasteiger partial charge in [0, 0.05) is 26.8 Å². The average molecular weight is 372 g/mol. The van der Waals surface area contributed by atoms with Crippen molar-refractivity contribution in [3.8, 4) is 5.75 Å². The van der Waals surface area contributed by atoms with Crippen molar-refractivity contribution in [2.24, 2.45) is 0 Å². The number of rotatable bonds is 7. The molecule has 0 spiro atoms. The monoisotopic (exact) mass is 372 g/mol. The van der Waals surface area contributed by atoms with Crippen LogP contribution < -0.4 is 20.5 Å². The van der Waals surface area contributed by atoms with Crippen LogP contribution in [0.3, 0.4) is 0 Å². The van der Waals surface area contributed by atoms with E-state index in [0.717, 1.165) is 24.1 Å². The molecule has 1 atom stereocenters. The molecule has 27 heavy (non-hydrogen) atoms. The number of amides is 1. The van der Waals surface area contributed by atoms with Gasteiger partial charge in [-0.05, 0) is 25.0 Å². The molecule has 8 heteroatoms. The Bertz CT molecular complexity index is 844. The first-order valence-electron chi connectivity index (χ1n) is 8.90. The molecule has 0 radical (unpaired) electrons. The number of para-hydroxylation sites is 2. The van der Waals surface area contributed by atoms with Crippen LogP contribution in [0, 0.1) is 0 Å². The zero-order chi connectivity index (χ0) is 19.2. The normalized spacial score (nSPS) is 16.1. The molecule has 1 fully saturated rings. The average Bonchev–Trinajstić information content (AvgIpc) is 3.16. The standard InChI is InChI=1S/C19H24N4O4/c1-22(2)14-10-19(25)23(20-11-14)12-18(24)21-16-7-3-4-8-17(16)27-13-15-6-5-9-26-15/h3-4,7-8,10-11,15H,5-6,9,12-13H2,1-2H3,(H,21,24). The van der Waals surface area contributed by atoms with Crippen LogP contribution in [0.2, 0.25) is 0 Å². The summed E-state index contributed by atoms with van der Waals surface area (Å²) < 4.78 is 12.5. The molecule has 1 aromatic carbocycles. The quantitative estimate of drug-likeness (QED) is 0.793. The van der Waals surface area contributed by atoms with E-state index in [1.165, 1.54) is 6.07 Å². The Morgan fingerprint density at radius 1 is 1.41 bits per heavy atom.